The summed E-state index contributed by atoms with van der Waals surface area (Å²) in [5.41, 5.74) is -0.0580. The first-order valence-corrected chi connectivity index (χ1v) is 8.56. The molecule has 0 saturated carbocycles. The molecule has 0 radical (unpaired) electrons. The van der Waals surface area contributed by atoms with Crippen LogP contribution >= 0.6 is 0 Å². The number of carbonyl (C=O) groups is 2. The second-order valence-corrected chi connectivity index (χ2v) is 5.41. The number of carboxylic acid groups (broad SMARTS) is 2. The summed E-state index contributed by atoms with van der Waals surface area (Å²) in [7, 11) is 2.00. The standard InChI is InChI=1S/2C10H7NO2.2CH4O.Ni/c2*12-10(13)9-5-7-3-1-2-4-8(7)6-11-9;2*1-2;/h2*1-6H,(H,12,13);2*2H,1H3;/q;;;;+2/p-2. The molecule has 0 fully saturated rings. The van der Waals surface area contributed by atoms with Crippen molar-refractivity contribution in [3.05, 3.63) is 84.4 Å². The number of aliphatic hydroxyl groups is 2. The molecule has 8 nitrogen and oxygen atoms in total. The molecule has 0 aliphatic carbocycles. The number of aromatic nitrogens is 2. The van der Waals surface area contributed by atoms with Crippen molar-refractivity contribution in [2.45, 2.75) is 0 Å². The van der Waals surface area contributed by atoms with Crippen LogP contribution in [0.2, 0.25) is 0 Å². The summed E-state index contributed by atoms with van der Waals surface area (Å²) in [6.45, 7) is 0. The molecule has 164 valence electrons. The van der Waals surface area contributed by atoms with Crippen molar-refractivity contribution in [1.82, 2.24) is 9.97 Å². The summed E-state index contributed by atoms with van der Waals surface area (Å²) in [5, 5.41) is 38.5. The molecule has 9 heteroatoms. The van der Waals surface area contributed by atoms with Gasteiger partial charge in [0.15, 0.2) is 0 Å². The average Bonchev–Trinajstić information content (AvgIpc) is 2.81. The number of pyridine rings is 2. The van der Waals surface area contributed by atoms with Crippen molar-refractivity contribution < 1.29 is 46.5 Å². The maximum absolute atomic E-state index is 10.5. The molecule has 4 aromatic rings. The van der Waals surface area contributed by atoms with Crippen LogP contribution in [-0.2, 0) is 16.5 Å². The number of hydrogen-bond acceptors (Lipinski definition) is 8. The van der Waals surface area contributed by atoms with E-state index in [2.05, 4.69) is 9.97 Å². The summed E-state index contributed by atoms with van der Waals surface area (Å²) in [6.07, 6.45) is 3.06. The van der Waals surface area contributed by atoms with Gasteiger partial charge in [-0.1, -0.05) is 48.5 Å². The predicted octanol–water partition coefficient (Wildman–Crippen LogP) is 0.411. The normalized spacial score (nSPS) is 8.90. The third-order valence-electron chi connectivity index (χ3n) is 3.68. The Kier molecular flexibility index (Phi) is 13.0. The molecule has 0 unspecified atom stereocenters. The fourth-order valence-electron chi connectivity index (χ4n) is 2.39. The second-order valence-electron chi connectivity index (χ2n) is 5.41. The van der Waals surface area contributed by atoms with Gasteiger partial charge in [-0.25, -0.2) is 0 Å². The van der Waals surface area contributed by atoms with E-state index < -0.39 is 11.9 Å². The van der Waals surface area contributed by atoms with E-state index >= 15 is 0 Å². The SMILES string of the molecule is CO.CO.O=C([O-])c1cc2ccccc2cn1.O=C([O-])c1cc2ccccc2cn1.[Ni+2]. The molecule has 2 N–H and O–H groups in total. The van der Waals surface area contributed by atoms with Crippen LogP contribution in [0.4, 0.5) is 0 Å². The van der Waals surface area contributed by atoms with Crippen molar-refractivity contribution in [2.75, 3.05) is 14.2 Å². The number of nitrogens with zero attached hydrogens (tertiary/aromatic N) is 2. The molecule has 0 aliphatic rings. The predicted molar refractivity (Wildman–Crippen MR) is 108 cm³/mol. The summed E-state index contributed by atoms with van der Waals surface area (Å²) >= 11 is 0. The van der Waals surface area contributed by atoms with Gasteiger partial charge in [0.1, 0.15) is 0 Å². The van der Waals surface area contributed by atoms with Gasteiger partial charge in [0.2, 0.25) is 0 Å². The summed E-state index contributed by atoms with van der Waals surface area (Å²) in [4.78, 5) is 28.4. The fraction of sp³-hybridized carbons (Fsp3) is 0.0909. The van der Waals surface area contributed by atoms with Gasteiger partial charge in [-0.15, -0.1) is 0 Å². The van der Waals surface area contributed by atoms with E-state index in [0.717, 1.165) is 35.8 Å². The minimum absolute atomic E-state index is 0. The first-order valence-electron chi connectivity index (χ1n) is 8.56. The number of rotatable bonds is 2. The molecule has 4 rings (SSSR count). The number of aromatic carboxylic acids is 2. The Morgan fingerprint density at radius 3 is 1.23 bits per heavy atom. The molecule has 2 aromatic carbocycles. The molecule has 0 aliphatic heterocycles. The molecule has 2 heterocycles. The van der Waals surface area contributed by atoms with Crippen LogP contribution in [0.15, 0.2) is 73.1 Å². The first-order chi connectivity index (χ1) is 14.5. The molecular weight excluding hydrogens is 447 g/mol. The Bertz CT molecular complexity index is 1030. The monoisotopic (exact) mass is 466 g/mol. The molecule has 0 amide bonds. The Morgan fingerprint density at radius 1 is 0.645 bits per heavy atom. The zero-order valence-electron chi connectivity index (χ0n) is 16.7. The van der Waals surface area contributed by atoms with Crippen molar-refractivity contribution in [3.63, 3.8) is 0 Å². The van der Waals surface area contributed by atoms with Crippen LogP contribution in [0.3, 0.4) is 0 Å². The topological polar surface area (TPSA) is 146 Å². The van der Waals surface area contributed by atoms with Crippen LogP contribution in [-0.4, -0.2) is 46.3 Å². The van der Waals surface area contributed by atoms with Crippen molar-refractivity contribution >= 4 is 33.5 Å². The molecule has 0 saturated heterocycles. The van der Waals surface area contributed by atoms with Gasteiger partial charge in [-0.2, -0.15) is 0 Å². The second kappa shape index (κ2) is 14.6. The van der Waals surface area contributed by atoms with Gasteiger partial charge in [0.05, 0.1) is 23.3 Å². The fourth-order valence-corrected chi connectivity index (χ4v) is 2.39. The van der Waals surface area contributed by atoms with Crippen LogP contribution in [0.5, 0.6) is 0 Å². The van der Waals surface area contributed by atoms with Crippen molar-refractivity contribution in [1.29, 1.82) is 0 Å². The molecular formula is C22H20N2NiO6. The average molecular weight is 467 g/mol. The van der Waals surface area contributed by atoms with E-state index in [0.29, 0.717) is 0 Å². The van der Waals surface area contributed by atoms with Gasteiger partial charge in [0.25, 0.3) is 0 Å². The summed E-state index contributed by atoms with van der Waals surface area (Å²) in [5.74, 6) is -2.49. The Labute approximate surface area is 188 Å². The Morgan fingerprint density at radius 2 is 0.935 bits per heavy atom. The van der Waals surface area contributed by atoms with Gasteiger partial charge < -0.3 is 30.0 Å². The maximum atomic E-state index is 10.5. The van der Waals surface area contributed by atoms with Gasteiger partial charge >= 0.3 is 16.5 Å². The number of carbonyl (C=O) groups excluding carboxylic acids is 2. The smallest absolute Gasteiger partial charge is 0.543 e. The molecule has 0 bridgehead atoms. The Hall–Kier alpha value is -3.39. The largest absolute Gasteiger partial charge is 2.00 e. The number of carboxylic acids is 2. The first kappa shape index (κ1) is 27.6. The Balaban J connectivity index is 0.000000487. The van der Waals surface area contributed by atoms with Gasteiger partial charge in [-0.3, -0.25) is 9.97 Å². The number of benzene rings is 2. The number of hydrogen-bond donors (Lipinski definition) is 2. The number of aliphatic hydroxyl groups excluding tert-OH is 2. The zero-order valence-corrected chi connectivity index (χ0v) is 17.7. The van der Waals surface area contributed by atoms with Crippen molar-refractivity contribution in [2.24, 2.45) is 0 Å². The summed E-state index contributed by atoms with van der Waals surface area (Å²) < 4.78 is 0. The van der Waals surface area contributed by atoms with Crippen molar-refractivity contribution in [3.8, 4) is 0 Å². The molecule has 0 atom stereocenters. The third-order valence-corrected chi connectivity index (χ3v) is 3.68. The van der Waals surface area contributed by atoms with Gasteiger partial charge in [0, 0.05) is 37.4 Å². The van der Waals surface area contributed by atoms with E-state index in [1.165, 1.54) is 24.5 Å². The maximum Gasteiger partial charge on any atom is 2.00 e. The zero-order chi connectivity index (χ0) is 22.5. The minimum atomic E-state index is -1.24. The van der Waals surface area contributed by atoms with E-state index in [1.54, 1.807) is 0 Å². The minimum Gasteiger partial charge on any atom is -0.543 e. The number of fused-ring (bicyclic) bond motifs is 2. The van der Waals surface area contributed by atoms with Crippen LogP contribution in [0, 0.1) is 0 Å². The van der Waals surface area contributed by atoms with Crippen LogP contribution in [0.25, 0.3) is 21.5 Å². The third kappa shape index (κ3) is 8.10. The summed E-state index contributed by atoms with van der Waals surface area (Å²) in [6, 6.07) is 17.9. The van der Waals surface area contributed by atoms with Crippen LogP contribution in [0.1, 0.15) is 21.0 Å². The van der Waals surface area contributed by atoms with E-state index in [-0.39, 0.29) is 27.9 Å². The molecule has 31 heavy (non-hydrogen) atoms. The van der Waals surface area contributed by atoms with Crippen LogP contribution < -0.4 is 10.2 Å². The van der Waals surface area contributed by atoms with E-state index in [1.807, 2.05) is 48.5 Å². The molecule has 0 spiro atoms. The quantitative estimate of drug-likeness (QED) is 0.403. The van der Waals surface area contributed by atoms with E-state index in [9.17, 15) is 19.8 Å². The van der Waals surface area contributed by atoms with E-state index in [4.69, 9.17) is 10.2 Å². The van der Waals surface area contributed by atoms with Gasteiger partial charge in [-0.05, 0) is 22.9 Å². The molecule has 2 aromatic heterocycles.